The number of carbonyl (C=O) groups is 2. The van der Waals surface area contributed by atoms with E-state index in [1.54, 1.807) is 18.7 Å². The van der Waals surface area contributed by atoms with Crippen LogP contribution in [0, 0.1) is 12.3 Å². The van der Waals surface area contributed by atoms with Crippen LogP contribution in [0.5, 0.6) is 0 Å². The molecule has 0 bridgehead atoms. The molecule has 2 heterocycles. The van der Waals surface area contributed by atoms with Crippen LogP contribution in [0.3, 0.4) is 0 Å². The molecule has 116 valence electrons. The van der Waals surface area contributed by atoms with Crippen LogP contribution >= 0.6 is 11.3 Å². The van der Waals surface area contributed by atoms with Gasteiger partial charge in [-0.2, -0.15) is 0 Å². The monoisotopic (exact) mass is 309 g/mol. The SMILES string of the molecule is Cc1csc(CN2C(=O)C(C(C)(C)C)NC(=O)C2(C)C)n1. The summed E-state index contributed by atoms with van der Waals surface area (Å²) < 4.78 is 0. The lowest BCUT2D eigenvalue weighted by molar-refractivity contribution is -0.159. The predicted octanol–water partition coefficient (Wildman–Crippen LogP) is 2.10. The number of thiazole rings is 1. The molecule has 1 saturated heterocycles. The Kier molecular flexibility index (Phi) is 3.86. The van der Waals surface area contributed by atoms with Crippen molar-refractivity contribution in [2.45, 2.75) is 59.7 Å². The quantitative estimate of drug-likeness (QED) is 0.910. The average Bonchev–Trinajstić information content (AvgIpc) is 2.74. The zero-order valence-electron chi connectivity index (χ0n) is 13.5. The van der Waals surface area contributed by atoms with Crippen LogP contribution < -0.4 is 5.32 Å². The molecule has 0 spiro atoms. The van der Waals surface area contributed by atoms with Crippen molar-refractivity contribution in [1.29, 1.82) is 0 Å². The molecule has 0 radical (unpaired) electrons. The number of hydrogen-bond acceptors (Lipinski definition) is 4. The zero-order valence-corrected chi connectivity index (χ0v) is 14.3. The first-order valence-corrected chi connectivity index (χ1v) is 7.95. The minimum atomic E-state index is -0.863. The third-order valence-corrected chi connectivity index (χ3v) is 4.80. The van der Waals surface area contributed by atoms with Gasteiger partial charge in [0.15, 0.2) is 0 Å². The Labute approximate surface area is 129 Å². The van der Waals surface area contributed by atoms with Gasteiger partial charge < -0.3 is 10.2 Å². The Morgan fingerprint density at radius 2 is 2.00 bits per heavy atom. The third kappa shape index (κ3) is 2.95. The average molecular weight is 309 g/mol. The first-order chi connectivity index (χ1) is 9.53. The van der Waals surface area contributed by atoms with Gasteiger partial charge in [0.05, 0.1) is 6.54 Å². The Hall–Kier alpha value is -1.43. The molecule has 1 unspecified atom stereocenters. The third-order valence-electron chi connectivity index (χ3n) is 3.84. The van der Waals surface area contributed by atoms with Crippen molar-refractivity contribution < 1.29 is 9.59 Å². The number of hydrogen-bond donors (Lipinski definition) is 1. The van der Waals surface area contributed by atoms with Gasteiger partial charge in [-0.05, 0) is 26.2 Å². The summed E-state index contributed by atoms with van der Waals surface area (Å²) in [6, 6.07) is -0.501. The largest absolute Gasteiger partial charge is 0.342 e. The second kappa shape index (κ2) is 5.09. The van der Waals surface area contributed by atoms with Gasteiger partial charge in [0.25, 0.3) is 0 Å². The fourth-order valence-corrected chi connectivity index (χ4v) is 3.16. The topological polar surface area (TPSA) is 62.3 Å². The molecule has 1 fully saturated rings. The molecular weight excluding hydrogens is 286 g/mol. The fourth-order valence-electron chi connectivity index (χ4n) is 2.40. The molecule has 2 amide bonds. The van der Waals surface area contributed by atoms with Crippen LogP contribution in [-0.4, -0.2) is 33.3 Å². The Morgan fingerprint density at radius 1 is 1.38 bits per heavy atom. The maximum atomic E-state index is 12.8. The van der Waals surface area contributed by atoms with Crippen molar-refractivity contribution in [3.8, 4) is 0 Å². The molecule has 1 aromatic heterocycles. The molecule has 0 aliphatic carbocycles. The van der Waals surface area contributed by atoms with Crippen molar-refractivity contribution in [2.75, 3.05) is 0 Å². The summed E-state index contributed by atoms with van der Waals surface area (Å²) in [6.45, 7) is 11.7. The van der Waals surface area contributed by atoms with Gasteiger partial charge in [-0.15, -0.1) is 11.3 Å². The summed E-state index contributed by atoms with van der Waals surface area (Å²) in [5.74, 6) is -0.157. The molecule has 0 saturated carbocycles. The lowest BCUT2D eigenvalue weighted by Crippen LogP contribution is -2.70. The second-order valence-electron chi connectivity index (χ2n) is 7.14. The van der Waals surface area contributed by atoms with Crippen LogP contribution in [-0.2, 0) is 16.1 Å². The Balaban J connectivity index is 2.34. The lowest BCUT2D eigenvalue weighted by Gasteiger charge is -2.47. The van der Waals surface area contributed by atoms with E-state index in [-0.39, 0.29) is 17.2 Å². The molecule has 1 aromatic rings. The standard InChI is InChI=1S/C15H23N3O2S/c1-9-8-21-10(16-9)7-18-12(19)11(14(2,3)4)17-13(20)15(18,5)6/h8,11H,7H2,1-6H3,(H,17,20). The molecule has 1 atom stereocenters. The van der Waals surface area contributed by atoms with E-state index in [9.17, 15) is 9.59 Å². The maximum absolute atomic E-state index is 12.8. The highest BCUT2D eigenvalue weighted by atomic mass is 32.1. The first kappa shape index (κ1) is 15.9. The number of aromatic nitrogens is 1. The molecule has 21 heavy (non-hydrogen) atoms. The van der Waals surface area contributed by atoms with Crippen LogP contribution in [0.2, 0.25) is 0 Å². The van der Waals surface area contributed by atoms with Gasteiger partial charge >= 0.3 is 0 Å². The smallest absolute Gasteiger partial charge is 0.246 e. The Morgan fingerprint density at radius 3 is 2.48 bits per heavy atom. The van der Waals surface area contributed by atoms with Gasteiger partial charge in [0.2, 0.25) is 11.8 Å². The number of rotatable bonds is 2. The van der Waals surface area contributed by atoms with Crippen LogP contribution in [0.15, 0.2) is 5.38 Å². The van der Waals surface area contributed by atoms with E-state index in [2.05, 4.69) is 10.3 Å². The predicted molar refractivity (Wildman–Crippen MR) is 82.9 cm³/mol. The van der Waals surface area contributed by atoms with E-state index < -0.39 is 11.6 Å². The number of nitrogens with one attached hydrogen (secondary N) is 1. The Bertz CT molecular complexity index is 572. The highest BCUT2D eigenvalue weighted by molar-refractivity contribution is 7.09. The van der Waals surface area contributed by atoms with Crippen molar-refractivity contribution in [1.82, 2.24) is 15.2 Å². The van der Waals surface area contributed by atoms with E-state index in [1.807, 2.05) is 33.1 Å². The minimum Gasteiger partial charge on any atom is -0.342 e. The molecule has 2 rings (SSSR count). The van der Waals surface area contributed by atoms with Crippen molar-refractivity contribution in [3.05, 3.63) is 16.1 Å². The van der Waals surface area contributed by atoms with Gasteiger partial charge in [-0.3, -0.25) is 9.59 Å². The lowest BCUT2D eigenvalue weighted by atomic mass is 9.82. The number of aryl methyl sites for hydroxylation is 1. The van der Waals surface area contributed by atoms with E-state index in [0.29, 0.717) is 6.54 Å². The molecule has 1 aliphatic heterocycles. The van der Waals surface area contributed by atoms with E-state index in [0.717, 1.165) is 10.7 Å². The van der Waals surface area contributed by atoms with E-state index >= 15 is 0 Å². The highest BCUT2D eigenvalue weighted by Gasteiger charge is 2.49. The van der Waals surface area contributed by atoms with Gasteiger partial charge in [0.1, 0.15) is 16.6 Å². The molecule has 1 aliphatic rings. The summed E-state index contributed by atoms with van der Waals surface area (Å²) >= 11 is 1.52. The maximum Gasteiger partial charge on any atom is 0.246 e. The van der Waals surface area contributed by atoms with Crippen LogP contribution in [0.1, 0.15) is 45.3 Å². The summed E-state index contributed by atoms with van der Waals surface area (Å²) in [5.41, 5.74) is -0.243. The van der Waals surface area contributed by atoms with Crippen LogP contribution in [0.25, 0.3) is 0 Å². The zero-order chi connectivity index (χ0) is 16.0. The van der Waals surface area contributed by atoms with Gasteiger partial charge in [0, 0.05) is 11.1 Å². The second-order valence-corrected chi connectivity index (χ2v) is 8.08. The number of piperazine rings is 1. The molecule has 5 nitrogen and oxygen atoms in total. The summed E-state index contributed by atoms with van der Waals surface area (Å²) in [7, 11) is 0. The van der Waals surface area contributed by atoms with Crippen molar-refractivity contribution >= 4 is 23.2 Å². The molecule has 1 N–H and O–H groups in total. The van der Waals surface area contributed by atoms with Crippen molar-refractivity contribution in [3.63, 3.8) is 0 Å². The summed E-state index contributed by atoms with van der Waals surface area (Å²) in [5, 5.41) is 5.68. The van der Waals surface area contributed by atoms with Gasteiger partial charge in [-0.1, -0.05) is 20.8 Å². The normalized spacial score (nSPS) is 22.4. The summed E-state index contributed by atoms with van der Waals surface area (Å²) in [6.07, 6.45) is 0. The number of nitrogens with zero attached hydrogens (tertiary/aromatic N) is 2. The first-order valence-electron chi connectivity index (χ1n) is 7.07. The van der Waals surface area contributed by atoms with E-state index in [4.69, 9.17) is 0 Å². The molecular formula is C15H23N3O2S. The molecule has 6 heteroatoms. The summed E-state index contributed by atoms with van der Waals surface area (Å²) in [4.78, 5) is 31.3. The van der Waals surface area contributed by atoms with E-state index in [1.165, 1.54) is 11.3 Å². The number of carbonyl (C=O) groups excluding carboxylic acids is 2. The minimum absolute atomic E-state index is 0.0417. The highest BCUT2D eigenvalue weighted by Crippen LogP contribution is 2.31. The fraction of sp³-hybridized carbons (Fsp3) is 0.667. The molecule has 0 aromatic carbocycles. The number of amides is 2. The van der Waals surface area contributed by atoms with Crippen molar-refractivity contribution in [2.24, 2.45) is 5.41 Å². The van der Waals surface area contributed by atoms with Gasteiger partial charge in [-0.25, -0.2) is 4.98 Å². The van der Waals surface area contributed by atoms with Crippen LogP contribution in [0.4, 0.5) is 0 Å².